The average Bonchev–Trinajstić information content (AvgIpc) is 2.89. The second-order valence-corrected chi connectivity index (χ2v) is 5.83. The van der Waals surface area contributed by atoms with Crippen LogP contribution < -0.4 is 5.32 Å². The minimum absolute atomic E-state index is 0.209. The number of hydrogen-bond acceptors (Lipinski definition) is 3. The normalized spacial score (nSPS) is 11.2. The molecule has 0 atom stereocenters. The van der Waals surface area contributed by atoms with E-state index < -0.39 is 5.76 Å². The second kappa shape index (κ2) is 8.20. The Kier molecular flexibility index (Phi) is 6.26. The van der Waals surface area contributed by atoms with E-state index in [1.54, 1.807) is 6.07 Å². The van der Waals surface area contributed by atoms with Crippen molar-refractivity contribution in [3.8, 4) is 0 Å². The summed E-state index contributed by atoms with van der Waals surface area (Å²) in [7, 11) is 0. The van der Waals surface area contributed by atoms with Gasteiger partial charge in [0.1, 0.15) is 11.5 Å². The van der Waals surface area contributed by atoms with Crippen molar-refractivity contribution in [1.29, 1.82) is 0 Å². The fraction of sp³-hybridized carbons (Fsp3) is 0.375. The van der Waals surface area contributed by atoms with Crippen LogP contribution in [0.3, 0.4) is 0 Å². The van der Waals surface area contributed by atoms with E-state index in [1.807, 2.05) is 6.07 Å². The molecular weight excluding hydrogens is 292 g/mol. The highest BCUT2D eigenvalue weighted by Crippen LogP contribution is 2.21. The topological polar surface area (TPSA) is 25.2 Å². The Morgan fingerprint density at radius 3 is 2.76 bits per heavy atom. The predicted octanol–water partition coefficient (Wildman–Crippen LogP) is 4.38. The highest BCUT2D eigenvalue weighted by molar-refractivity contribution is 7.98. The van der Waals surface area contributed by atoms with Crippen LogP contribution in [-0.4, -0.2) is 12.3 Å². The van der Waals surface area contributed by atoms with Crippen LogP contribution in [-0.2, 0) is 18.7 Å². The summed E-state index contributed by atoms with van der Waals surface area (Å²) in [5.41, 5.74) is 2.57. The van der Waals surface area contributed by atoms with Crippen LogP contribution in [0.25, 0.3) is 0 Å². The molecule has 0 aliphatic rings. The Bertz CT molecular complexity index is 557. The second-order valence-electron chi connectivity index (χ2n) is 4.86. The Balaban J connectivity index is 1.69. The summed E-state index contributed by atoms with van der Waals surface area (Å²) >= 11 is 0.577. The number of benzene rings is 1. The quantitative estimate of drug-likeness (QED) is 0.733. The molecule has 0 aliphatic heterocycles. The molecule has 0 aliphatic carbocycles. The lowest BCUT2D eigenvalue weighted by Gasteiger charge is -2.04. The van der Waals surface area contributed by atoms with Gasteiger partial charge in [-0.25, -0.2) is 0 Å². The zero-order chi connectivity index (χ0) is 15.1. The zero-order valence-corrected chi connectivity index (χ0v) is 12.8. The van der Waals surface area contributed by atoms with Crippen LogP contribution in [0, 0.1) is 6.92 Å². The van der Waals surface area contributed by atoms with Gasteiger partial charge >= 0.3 is 0 Å². The first kappa shape index (κ1) is 16.0. The number of halogens is 2. The SMILES string of the molecule is Cc1cccc(CCNCc2ccc(CSC(F)F)o2)c1. The van der Waals surface area contributed by atoms with Crippen LogP contribution in [0.15, 0.2) is 40.8 Å². The third kappa shape index (κ3) is 5.89. The summed E-state index contributed by atoms with van der Waals surface area (Å²) in [6.45, 7) is 3.55. The van der Waals surface area contributed by atoms with Gasteiger partial charge in [0.2, 0.25) is 0 Å². The number of alkyl halides is 2. The van der Waals surface area contributed by atoms with Gasteiger partial charge in [-0.15, -0.1) is 0 Å². The summed E-state index contributed by atoms with van der Waals surface area (Å²) in [6, 6.07) is 12.0. The summed E-state index contributed by atoms with van der Waals surface area (Å²) in [4.78, 5) is 0. The van der Waals surface area contributed by atoms with E-state index in [2.05, 4.69) is 36.5 Å². The lowest BCUT2D eigenvalue weighted by atomic mass is 10.1. The molecule has 0 spiro atoms. The molecule has 114 valence electrons. The molecule has 1 heterocycles. The van der Waals surface area contributed by atoms with Crippen molar-refractivity contribution in [2.45, 2.75) is 31.4 Å². The standard InChI is InChI=1S/C16H19F2NOS/c1-12-3-2-4-13(9-12)7-8-19-10-14-5-6-15(20-14)11-21-16(17)18/h2-6,9,16,19H,7-8,10-11H2,1H3. The minimum atomic E-state index is -2.36. The van der Waals surface area contributed by atoms with E-state index in [9.17, 15) is 8.78 Å². The fourth-order valence-electron chi connectivity index (χ4n) is 2.05. The summed E-state index contributed by atoms with van der Waals surface area (Å²) in [5.74, 6) is -0.771. The molecule has 21 heavy (non-hydrogen) atoms. The number of aryl methyl sites for hydroxylation is 1. The monoisotopic (exact) mass is 311 g/mol. The van der Waals surface area contributed by atoms with Crippen LogP contribution in [0.5, 0.6) is 0 Å². The molecule has 1 aromatic carbocycles. The molecule has 5 heteroatoms. The van der Waals surface area contributed by atoms with Gasteiger partial charge in [0.05, 0.1) is 12.3 Å². The zero-order valence-electron chi connectivity index (χ0n) is 11.9. The summed E-state index contributed by atoms with van der Waals surface area (Å²) in [6.07, 6.45) is 0.955. The molecule has 0 saturated carbocycles. The Labute approximate surface area is 127 Å². The summed E-state index contributed by atoms with van der Waals surface area (Å²) < 4.78 is 29.6. The first-order valence-corrected chi connectivity index (χ1v) is 7.92. The first-order chi connectivity index (χ1) is 10.1. The van der Waals surface area contributed by atoms with E-state index in [1.165, 1.54) is 11.1 Å². The molecule has 0 radical (unpaired) electrons. The van der Waals surface area contributed by atoms with Crippen LogP contribution in [0.1, 0.15) is 22.6 Å². The third-order valence-corrected chi connectivity index (χ3v) is 3.74. The molecule has 1 aromatic heterocycles. The Morgan fingerprint density at radius 2 is 2.00 bits per heavy atom. The van der Waals surface area contributed by atoms with Crippen molar-refractivity contribution in [2.75, 3.05) is 6.54 Å². The Morgan fingerprint density at radius 1 is 1.19 bits per heavy atom. The molecule has 1 N–H and O–H groups in total. The van der Waals surface area contributed by atoms with Crippen molar-refractivity contribution in [3.05, 3.63) is 59.0 Å². The van der Waals surface area contributed by atoms with Gasteiger partial charge in [-0.2, -0.15) is 8.78 Å². The fourth-order valence-corrected chi connectivity index (χ4v) is 2.50. The van der Waals surface area contributed by atoms with Crippen molar-refractivity contribution < 1.29 is 13.2 Å². The smallest absolute Gasteiger partial charge is 0.284 e. The molecule has 0 amide bonds. The van der Waals surface area contributed by atoms with Gasteiger partial charge in [-0.3, -0.25) is 0 Å². The van der Waals surface area contributed by atoms with Crippen LogP contribution in [0.2, 0.25) is 0 Å². The molecule has 0 bridgehead atoms. The predicted molar refractivity (Wildman–Crippen MR) is 82.6 cm³/mol. The van der Waals surface area contributed by atoms with E-state index in [4.69, 9.17) is 4.42 Å². The maximum atomic E-state index is 12.1. The number of furan rings is 1. The highest BCUT2D eigenvalue weighted by atomic mass is 32.2. The number of thioether (sulfide) groups is 1. The molecule has 2 aromatic rings. The maximum absolute atomic E-state index is 12.1. The van der Waals surface area contributed by atoms with Crippen molar-refractivity contribution in [2.24, 2.45) is 0 Å². The third-order valence-electron chi connectivity index (χ3n) is 3.04. The van der Waals surface area contributed by atoms with Crippen LogP contribution in [0.4, 0.5) is 8.78 Å². The van der Waals surface area contributed by atoms with Gasteiger partial charge in [0.25, 0.3) is 5.76 Å². The van der Waals surface area contributed by atoms with Crippen molar-refractivity contribution in [3.63, 3.8) is 0 Å². The van der Waals surface area contributed by atoms with Crippen molar-refractivity contribution >= 4 is 11.8 Å². The number of nitrogens with one attached hydrogen (secondary N) is 1. The lowest BCUT2D eigenvalue weighted by molar-refractivity contribution is 0.251. The lowest BCUT2D eigenvalue weighted by Crippen LogP contribution is -2.16. The largest absolute Gasteiger partial charge is 0.464 e. The number of hydrogen-bond donors (Lipinski definition) is 1. The van der Waals surface area contributed by atoms with Gasteiger partial charge in [-0.05, 0) is 37.6 Å². The van der Waals surface area contributed by atoms with Gasteiger partial charge in [0.15, 0.2) is 0 Å². The summed E-state index contributed by atoms with van der Waals surface area (Å²) in [5, 5.41) is 3.30. The highest BCUT2D eigenvalue weighted by Gasteiger charge is 2.07. The van der Waals surface area contributed by atoms with E-state index in [-0.39, 0.29) is 5.75 Å². The van der Waals surface area contributed by atoms with E-state index in [0.717, 1.165) is 18.7 Å². The van der Waals surface area contributed by atoms with Gasteiger partial charge in [0, 0.05) is 0 Å². The molecule has 0 saturated heterocycles. The number of rotatable bonds is 8. The Hall–Kier alpha value is -1.33. The van der Waals surface area contributed by atoms with E-state index in [0.29, 0.717) is 24.1 Å². The van der Waals surface area contributed by atoms with Crippen molar-refractivity contribution in [1.82, 2.24) is 5.32 Å². The maximum Gasteiger partial charge on any atom is 0.284 e. The first-order valence-electron chi connectivity index (χ1n) is 6.87. The van der Waals surface area contributed by atoms with Gasteiger partial charge in [-0.1, -0.05) is 41.6 Å². The minimum Gasteiger partial charge on any atom is -0.464 e. The van der Waals surface area contributed by atoms with Crippen LogP contribution >= 0.6 is 11.8 Å². The molecular formula is C16H19F2NOS. The molecule has 2 nitrogen and oxygen atoms in total. The molecule has 0 fully saturated rings. The van der Waals surface area contributed by atoms with Gasteiger partial charge < -0.3 is 9.73 Å². The molecule has 0 unspecified atom stereocenters. The van der Waals surface area contributed by atoms with E-state index >= 15 is 0 Å². The molecule has 2 rings (SSSR count). The average molecular weight is 311 g/mol.